The molecular weight excluding hydrogens is 286 g/mol. The van der Waals surface area contributed by atoms with E-state index >= 15 is 0 Å². The predicted molar refractivity (Wildman–Crippen MR) is 71.3 cm³/mol. The molecule has 0 aliphatic heterocycles. The normalized spacial score (nSPS) is 15.4. The Kier molecular flexibility index (Phi) is 5.58. The zero-order valence-electron chi connectivity index (χ0n) is 11.7. The summed E-state index contributed by atoms with van der Waals surface area (Å²) in [6, 6.07) is 2.76. The summed E-state index contributed by atoms with van der Waals surface area (Å²) in [6.07, 6.45) is -1.31. The Balaban J connectivity index is 1.71. The van der Waals surface area contributed by atoms with Gasteiger partial charge >= 0.3 is 6.18 Å². The molecule has 0 aromatic heterocycles. The van der Waals surface area contributed by atoms with Crippen LogP contribution < -0.4 is 5.32 Å². The van der Waals surface area contributed by atoms with Gasteiger partial charge in [0.1, 0.15) is 5.82 Å². The van der Waals surface area contributed by atoms with Crippen LogP contribution in [0.25, 0.3) is 0 Å². The molecule has 6 heteroatoms. The molecule has 1 aliphatic rings. The van der Waals surface area contributed by atoms with Crippen LogP contribution in [0, 0.1) is 11.7 Å². The summed E-state index contributed by atoms with van der Waals surface area (Å²) in [5.74, 6) is -0.161. The standard InChI is InChI=1S/C15H19F4NO/c16-13-5-4-12(14(8-13)15(17,18)19)9-20-6-1-7-21-10-11-2-3-11/h4-5,8,11,20H,1-3,6-7,9-10H2. The van der Waals surface area contributed by atoms with Crippen molar-refractivity contribution >= 4 is 0 Å². The first-order valence-electron chi connectivity index (χ1n) is 7.11. The quantitative estimate of drug-likeness (QED) is 0.583. The van der Waals surface area contributed by atoms with Gasteiger partial charge in [-0.15, -0.1) is 0 Å². The molecule has 1 aromatic carbocycles. The second kappa shape index (κ2) is 7.22. The van der Waals surface area contributed by atoms with E-state index < -0.39 is 17.6 Å². The van der Waals surface area contributed by atoms with Crippen LogP contribution in [0.4, 0.5) is 17.6 Å². The van der Waals surface area contributed by atoms with Crippen LogP contribution in [0.2, 0.25) is 0 Å². The van der Waals surface area contributed by atoms with Crippen molar-refractivity contribution in [3.05, 3.63) is 35.1 Å². The second-order valence-corrected chi connectivity index (χ2v) is 5.35. The molecule has 0 radical (unpaired) electrons. The van der Waals surface area contributed by atoms with Gasteiger partial charge in [-0.3, -0.25) is 0 Å². The summed E-state index contributed by atoms with van der Waals surface area (Å²) in [4.78, 5) is 0. The maximum absolute atomic E-state index is 12.9. The lowest BCUT2D eigenvalue weighted by atomic mass is 10.1. The number of hydrogen-bond acceptors (Lipinski definition) is 2. The molecule has 1 aromatic rings. The second-order valence-electron chi connectivity index (χ2n) is 5.35. The van der Waals surface area contributed by atoms with Gasteiger partial charge in [-0.2, -0.15) is 13.2 Å². The van der Waals surface area contributed by atoms with E-state index in [0.29, 0.717) is 25.1 Å². The smallest absolute Gasteiger partial charge is 0.381 e. The molecule has 0 bridgehead atoms. The monoisotopic (exact) mass is 305 g/mol. The lowest BCUT2D eigenvalue weighted by Crippen LogP contribution is -2.20. The number of alkyl halides is 3. The number of hydrogen-bond donors (Lipinski definition) is 1. The van der Waals surface area contributed by atoms with Crippen molar-refractivity contribution in [2.45, 2.75) is 32.0 Å². The Morgan fingerprint density at radius 2 is 2.00 bits per heavy atom. The maximum Gasteiger partial charge on any atom is 0.416 e. The molecule has 0 atom stereocenters. The molecular formula is C15H19F4NO. The van der Waals surface area contributed by atoms with Crippen LogP contribution in [0.5, 0.6) is 0 Å². The molecule has 1 aliphatic carbocycles. The van der Waals surface area contributed by atoms with Gasteiger partial charge < -0.3 is 10.1 Å². The molecule has 0 saturated heterocycles. The van der Waals surface area contributed by atoms with E-state index in [4.69, 9.17) is 4.74 Å². The molecule has 1 N–H and O–H groups in total. The van der Waals surface area contributed by atoms with E-state index in [1.807, 2.05) is 0 Å². The van der Waals surface area contributed by atoms with Crippen molar-refractivity contribution in [3.8, 4) is 0 Å². The maximum atomic E-state index is 12.9. The lowest BCUT2D eigenvalue weighted by Gasteiger charge is -2.13. The van der Waals surface area contributed by atoms with E-state index in [9.17, 15) is 17.6 Å². The molecule has 0 heterocycles. The number of rotatable bonds is 8. The van der Waals surface area contributed by atoms with Gasteiger partial charge in [-0.1, -0.05) is 6.07 Å². The molecule has 21 heavy (non-hydrogen) atoms. The highest BCUT2D eigenvalue weighted by Crippen LogP contribution is 2.32. The Morgan fingerprint density at radius 3 is 2.67 bits per heavy atom. The van der Waals surface area contributed by atoms with Crippen molar-refractivity contribution in [2.75, 3.05) is 19.8 Å². The lowest BCUT2D eigenvalue weighted by molar-refractivity contribution is -0.138. The topological polar surface area (TPSA) is 21.3 Å². The number of halogens is 4. The van der Waals surface area contributed by atoms with Crippen LogP contribution in [-0.4, -0.2) is 19.8 Å². The van der Waals surface area contributed by atoms with Gasteiger partial charge in [0.15, 0.2) is 0 Å². The van der Waals surface area contributed by atoms with Gasteiger partial charge in [-0.25, -0.2) is 4.39 Å². The SMILES string of the molecule is Fc1ccc(CNCCCOCC2CC2)c(C(F)(F)F)c1. The Hall–Kier alpha value is -1.14. The average Bonchev–Trinajstić information content (AvgIpc) is 3.22. The molecule has 2 nitrogen and oxygen atoms in total. The van der Waals surface area contributed by atoms with Crippen molar-refractivity contribution in [1.29, 1.82) is 0 Å². The van der Waals surface area contributed by atoms with Crippen molar-refractivity contribution in [2.24, 2.45) is 5.92 Å². The summed E-state index contributed by atoms with van der Waals surface area (Å²) in [5.41, 5.74) is -0.859. The molecule has 1 fully saturated rings. The molecule has 0 amide bonds. The summed E-state index contributed by atoms with van der Waals surface area (Å²) in [6.45, 7) is 2.03. The zero-order chi connectivity index (χ0) is 15.3. The largest absolute Gasteiger partial charge is 0.416 e. The third-order valence-electron chi connectivity index (χ3n) is 3.39. The minimum Gasteiger partial charge on any atom is -0.381 e. The summed E-state index contributed by atoms with van der Waals surface area (Å²) in [7, 11) is 0. The number of ether oxygens (including phenoxy) is 1. The number of benzene rings is 1. The molecule has 0 unspecified atom stereocenters. The highest BCUT2D eigenvalue weighted by atomic mass is 19.4. The molecule has 1 saturated carbocycles. The van der Waals surface area contributed by atoms with E-state index in [1.165, 1.54) is 18.9 Å². The summed E-state index contributed by atoms with van der Waals surface area (Å²) < 4.78 is 56.7. The highest BCUT2D eigenvalue weighted by molar-refractivity contribution is 5.30. The molecule has 2 rings (SSSR count). The van der Waals surface area contributed by atoms with Crippen molar-refractivity contribution < 1.29 is 22.3 Å². The number of nitrogens with one attached hydrogen (secondary N) is 1. The zero-order valence-corrected chi connectivity index (χ0v) is 11.7. The van der Waals surface area contributed by atoms with Gasteiger partial charge in [0.2, 0.25) is 0 Å². The van der Waals surface area contributed by atoms with Gasteiger partial charge in [0.25, 0.3) is 0 Å². The van der Waals surface area contributed by atoms with E-state index in [-0.39, 0.29) is 12.1 Å². The minimum absolute atomic E-state index is 0.0581. The van der Waals surface area contributed by atoms with Crippen LogP contribution in [0.15, 0.2) is 18.2 Å². The Labute approximate surface area is 121 Å². The fourth-order valence-electron chi connectivity index (χ4n) is 2.02. The van der Waals surface area contributed by atoms with Crippen molar-refractivity contribution in [3.63, 3.8) is 0 Å². The molecule has 0 spiro atoms. The molecule has 118 valence electrons. The Morgan fingerprint density at radius 1 is 1.24 bits per heavy atom. The van der Waals surface area contributed by atoms with Gasteiger partial charge in [0, 0.05) is 19.8 Å². The van der Waals surface area contributed by atoms with Gasteiger partial charge in [-0.05, 0) is 49.4 Å². The van der Waals surface area contributed by atoms with Crippen LogP contribution in [-0.2, 0) is 17.5 Å². The van der Waals surface area contributed by atoms with E-state index in [0.717, 1.165) is 19.1 Å². The fourth-order valence-corrected chi connectivity index (χ4v) is 2.02. The fraction of sp³-hybridized carbons (Fsp3) is 0.600. The minimum atomic E-state index is -4.54. The van der Waals surface area contributed by atoms with Crippen molar-refractivity contribution in [1.82, 2.24) is 5.32 Å². The summed E-state index contributed by atoms with van der Waals surface area (Å²) >= 11 is 0. The van der Waals surface area contributed by atoms with E-state index in [2.05, 4.69) is 5.32 Å². The first kappa shape index (κ1) is 16.2. The van der Waals surface area contributed by atoms with E-state index in [1.54, 1.807) is 0 Å². The van der Waals surface area contributed by atoms with Crippen LogP contribution >= 0.6 is 0 Å². The summed E-state index contributed by atoms with van der Waals surface area (Å²) in [5, 5.41) is 2.93. The first-order valence-corrected chi connectivity index (χ1v) is 7.11. The predicted octanol–water partition coefficient (Wildman–Crippen LogP) is 3.75. The Bertz CT molecular complexity index is 457. The van der Waals surface area contributed by atoms with Crippen LogP contribution in [0.3, 0.4) is 0 Å². The van der Waals surface area contributed by atoms with Gasteiger partial charge in [0.05, 0.1) is 5.56 Å². The third kappa shape index (κ3) is 5.63. The third-order valence-corrected chi connectivity index (χ3v) is 3.39. The first-order chi connectivity index (χ1) is 9.97. The highest BCUT2D eigenvalue weighted by Gasteiger charge is 2.33. The van der Waals surface area contributed by atoms with Crippen LogP contribution in [0.1, 0.15) is 30.4 Å². The average molecular weight is 305 g/mol.